The highest BCUT2D eigenvalue weighted by Gasteiger charge is 1.96. The molecule has 0 aliphatic heterocycles. The number of guanidine groups is 1. The highest BCUT2D eigenvalue weighted by Crippen LogP contribution is 1.93. The van der Waals surface area contributed by atoms with Crippen molar-refractivity contribution >= 4 is 29.9 Å². The van der Waals surface area contributed by atoms with Crippen molar-refractivity contribution < 1.29 is 9.47 Å². The van der Waals surface area contributed by atoms with Crippen molar-refractivity contribution in [2.24, 2.45) is 4.99 Å². The second kappa shape index (κ2) is 16.9. The molecule has 0 aliphatic rings. The summed E-state index contributed by atoms with van der Waals surface area (Å²) in [6.45, 7) is 6.04. The molecular weight excluding hydrogens is 345 g/mol. The molecule has 6 heteroatoms. The maximum Gasteiger partial charge on any atom is 0.191 e. The molecule has 0 aromatic heterocycles. The molecule has 0 atom stereocenters. The largest absolute Gasteiger partial charge is 0.385 e. The van der Waals surface area contributed by atoms with Gasteiger partial charge in [0.2, 0.25) is 0 Å². The van der Waals surface area contributed by atoms with Gasteiger partial charge in [0.05, 0.1) is 6.61 Å². The van der Waals surface area contributed by atoms with Gasteiger partial charge in [0.1, 0.15) is 0 Å². The van der Waals surface area contributed by atoms with E-state index in [0.29, 0.717) is 6.61 Å². The minimum absolute atomic E-state index is 0. The maximum atomic E-state index is 5.24. The van der Waals surface area contributed by atoms with Gasteiger partial charge in [0, 0.05) is 40.5 Å². The van der Waals surface area contributed by atoms with Crippen LogP contribution in [0, 0.1) is 0 Å². The summed E-state index contributed by atoms with van der Waals surface area (Å²) in [7, 11) is 3.52. The Morgan fingerprint density at radius 1 is 1.06 bits per heavy atom. The summed E-state index contributed by atoms with van der Waals surface area (Å²) < 4.78 is 10.2. The fourth-order valence-electron chi connectivity index (χ4n) is 1.36. The minimum atomic E-state index is 0. The summed E-state index contributed by atoms with van der Waals surface area (Å²) in [5, 5.41) is 6.46. The zero-order valence-corrected chi connectivity index (χ0v) is 14.2. The molecule has 0 aliphatic carbocycles. The van der Waals surface area contributed by atoms with Crippen LogP contribution < -0.4 is 10.6 Å². The molecule has 0 heterocycles. The predicted molar refractivity (Wildman–Crippen MR) is 87.0 cm³/mol. The van der Waals surface area contributed by atoms with Crippen molar-refractivity contribution in [3.63, 3.8) is 0 Å². The molecule has 0 saturated heterocycles. The third-order valence-corrected chi connectivity index (χ3v) is 2.28. The van der Waals surface area contributed by atoms with E-state index >= 15 is 0 Å². The molecule has 0 aromatic rings. The molecule has 0 rings (SSSR count). The summed E-state index contributed by atoms with van der Waals surface area (Å²) in [4.78, 5) is 4.13. The molecule has 0 bridgehead atoms. The van der Waals surface area contributed by atoms with Crippen LogP contribution in [0.4, 0.5) is 0 Å². The van der Waals surface area contributed by atoms with E-state index in [9.17, 15) is 0 Å². The van der Waals surface area contributed by atoms with Crippen molar-refractivity contribution in [2.45, 2.75) is 26.2 Å². The van der Waals surface area contributed by atoms with Gasteiger partial charge in [-0.2, -0.15) is 0 Å². The summed E-state index contributed by atoms with van der Waals surface area (Å²) in [5.74, 6) is 0.844. The number of unbranched alkanes of at least 4 members (excludes halogenated alkanes) is 2. The fraction of sp³-hybridized carbons (Fsp3) is 0.917. The summed E-state index contributed by atoms with van der Waals surface area (Å²) >= 11 is 0. The van der Waals surface area contributed by atoms with Gasteiger partial charge in [-0.25, -0.2) is 0 Å². The van der Waals surface area contributed by atoms with Crippen molar-refractivity contribution in [1.82, 2.24) is 10.6 Å². The molecule has 110 valence electrons. The van der Waals surface area contributed by atoms with Gasteiger partial charge >= 0.3 is 0 Å². The van der Waals surface area contributed by atoms with Crippen molar-refractivity contribution in [1.29, 1.82) is 0 Å². The number of rotatable bonds is 10. The smallest absolute Gasteiger partial charge is 0.191 e. The summed E-state index contributed by atoms with van der Waals surface area (Å²) in [6.07, 6.45) is 3.43. The molecule has 2 N–H and O–H groups in total. The minimum Gasteiger partial charge on any atom is -0.385 e. The molecular formula is C12H28IN3O2. The lowest BCUT2D eigenvalue weighted by molar-refractivity contribution is 0.152. The lowest BCUT2D eigenvalue weighted by Crippen LogP contribution is -2.39. The normalized spacial score (nSPS) is 10.9. The van der Waals surface area contributed by atoms with Gasteiger partial charge in [-0.3, -0.25) is 4.99 Å². The highest BCUT2D eigenvalue weighted by atomic mass is 127. The van der Waals surface area contributed by atoms with Gasteiger partial charge in [0.25, 0.3) is 0 Å². The van der Waals surface area contributed by atoms with Crippen LogP contribution in [0.3, 0.4) is 0 Å². The Bertz CT molecular complexity index is 192. The number of ether oxygens (including phenoxy) is 2. The second-order valence-electron chi connectivity index (χ2n) is 3.68. The van der Waals surface area contributed by atoms with Crippen LogP contribution in [0.5, 0.6) is 0 Å². The van der Waals surface area contributed by atoms with Crippen LogP contribution in [0.1, 0.15) is 26.2 Å². The first-order chi connectivity index (χ1) is 8.35. The fourth-order valence-corrected chi connectivity index (χ4v) is 1.36. The van der Waals surface area contributed by atoms with E-state index < -0.39 is 0 Å². The number of nitrogens with zero attached hydrogens (tertiary/aromatic N) is 1. The summed E-state index contributed by atoms with van der Waals surface area (Å²) in [6, 6.07) is 0. The molecule has 0 unspecified atom stereocenters. The second-order valence-corrected chi connectivity index (χ2v) is 3.68. The van der Waals surface area contributed by atoms with E-state index in [0.717, 1.165) is 45.1 Å². The monoisotopic (exact) mass is 373 g/mol. The number of aliphatic imine (C=N–C) groups is 1. The molecule has 0 amide bonds. The Balaban J connectivity index is 0. The SMILES string of the molecule is CCOCCNC(=NC)NCCCCCOC.I. The number of methoxy groups -OCH3 is 1. The van der Waals surface area contributed by atoms with Crippen LogP contribution in [0.15, 0.2) is 4.99 Å². The van der Waals surface area contributed by atoms with E-state index in [1.165, 1.54) is 6.42 Å². The van der Waals surface area contributed by atoms with E-state index in [2.05, 4.69) is 15.6 Å². The van der Waals surface area contributed by atoms with Gasteiger partial charge in [-0.1, -0.05) is 0 Å². The number of hydrogen-bond acceptors (Lipinski definition) is 3. The summed E-state index contributed by atoms with van der Waals surface area (Å²) in [5.41, 5.74) is 0. The van der Waals surface area contributed by atoms with Gasteiger partial charge in [-0.05, 0) is 26.2 Å². The molecule has 0 radical (unpaired) electrons. The van der Waals surface area contributed by atoms with E-state index in [1.807, 2.05) is 6.92 Å². The Labute approximate surface area is 128 Å². The van der Waals surface area contributed by atoms with Crippen LogP contribution >= 0.6 is 24.0 Å². The Morgan fingerprint density at radius 2 is 1.78 bits per heavy atom. The molecule has 0 saturated carbocycles. The third-order valence-electron chi connectivity index (χ3n) is 2.28. The van der Waals surface area contributed by atoms with Crippen molar-refractivity contribution in [3.8, 4) is 0 Å². The first-order valence-electron chi connectivity index (χ1n) is 6.36. The molecule has 5 nitrogen and oxygen atoms in total. The highest BCUT2D eigenvalue weighted by molar-refractivity contribution is 14.0. The standard InChI is InChI=1S/C12H27N3O2.HI/c1-4-17-11-9-15-12(13-2)14-8-6-5-7-10-16-3;/h4-11H2,1-3H3,(H2,13,14,15);1H. The Hall–Kier alpha value is -0.0800. The lowest BCUT2D eigenvalue weighted by atomic mass is 10.2. The average molecular weight is 373 g/mol. The quantitative estimate of drug-likeness (QED) is 0.265. The van der Waals surface area contributed by atoms with Crippen molar-refractivity contribution in [2.75, 3.05) is 47.1 Å². The topological polar surface area (TPSA) is 54.9 Å². The van der Waals surface area contributed by atoms with Crippen LogP contribution in [0.2, 0.25) is 0 Å². The molecule has 0 fully saturated rings. The first-order valence-corrected chi connectivity index (χ1v) is 6.36. The van der Waals surface area contributed by atoms with Crippen LogP contribution in [-0.2, 0) is 9.47 Å². The van der Waals surface area contributed by atoms with E-state index in [4.69, 9.17) is 9.47 Å². The van der Waals surface area contributed by atoms with Gasteiger partial charge in [-0.15, -0.1) is 24.0 Å². The number of halogens is 1. The van der Waals surface area contributed by atoms with Gasteiger partial charge in [0.15, 0.2) is 5.96 Å². The van der Waals surface area contributed by atoms with Crippen molar-refractivity contribution in [3.05, 3.63) is 0 Å². The van der Waals surface area contributed by atoms with Crippen LogP contribution in [0.25, 0.3) is 0 Å². The zero-order valence-electron chi connectivity index (χ0n) is 11.8. The molecule has 18 heavy (non-hydrogen) atoms. The van der Waals surface area contributed by atoms with E-state index in [1.54, 1.807) is 14.2 Å². The molecule has 0 spiro atoms. The number of nitrogens with one attached hydrogen (secondary N) is 2. The zero-order chi connectivity index (χ0) is 12.8. The Kier molecular flexibility index (Phi) is 19.0. The molecule has 0 aromatic carbocycles. The van der Waals surface area contributed by atoms with Gasteiger partial charge < -0.3 is 20.1 Å². The lowest BCUT2D eigenvalue weighted by Gasteiger charge is -2.11. The first kappa shape index (κ1) is 20.2. The van der Waals surface area contributed by atoms with E-state index in [-0.39, 0.29) is 24.0 Å². The third kappa shape index (κ3) is 14.0. The predicted octanol–water partition coefficient (Wildman–Crippen LogP) is 1.62. The maximum absolute atomic E-state index is 5.24. The number of hydrogen-bond donors (Lipinski definition) is 2. The Morgan fingerprint density at radius 3 is 2.39 bits per heavy atom. The average Bonchev–Trinajstić information content (AvgIpc) is 2.36. The van der Waals surface area contributed by atoms with Crippen LogP contribution in [-0.4, -0.2) is 53.0 Å².